The van der Waals surface area contributed by atoms with Crippen molar-refractivity contribution in [3.05, 3.63) is 47.8 Å². The number of carboxylic acids is 1. The fraction of sp³-hybridized carbons (Fsp3) is 0.519. The molecule has 3 heterocycles. The lowest BCUT2D eigenvalue weighted by Gasteiger charge is -2.30. The molecule has 2 N–H and O–H groups in total. The summed E-state index contributed by atoms with van der Waals surface area (Å²) in [4.78, 5) is 53.5. The number of hydrogen-bond donors (Lipinski definition) is 2. The predicted octanol–water partition coefficient (Wildman–Crippen LogP) is 2.93. The number of nitrogens with one attached hydrogen (secondary N) is 1. The molecular formula is C27H35N5O7. The zero-order valence-electron chi connectivity index (χ0n) is 22.8. The van der Waals surface area contributed by atoms with Gasteiger partial charge in [0.05, 0.1) is 12.2 Å². The van der Waals surface area contributed by atoms with Gasteiger partial charge in [0.15, 0.2) is 0 Å². The van der Waals surface area contributed by atoms with Crippen LogP contribution in [-0.2, 0) is 32.2 Å². The molecule has 2 aliphatic heterocycles. The minimum absolute atomic E-state index is 0.0473. The van der Waals surface area contributed by atoms with E-state index in [2.05, 4.69) is 10.4 Å². The molecule has 0 aliphatic carbocycles. The Morgan fingerprint density at radius 2 is 1.85 bits per heavy atom. The quantitative estimate of drug-likeness (QED) is 0.568. The van der Waals surface area contributed by atoms with Crippen LogP contribution in [0.25, 0.3) is 5.69 Å². The van der Waals surface area contributed by atoms with Gasteiger partial charge in [0.2, 0.25) is 5.91 Å². The number of likely N-dealkylation sites (tertiary alicyclic amines) is 1. The zero-order chi connectivity index (χ0) is 28.5. The summed E-state index contributed by atoms with van der Waals surface area (Å²) < 4.78 is 12.7. The number of ether oxygens (including phenoxy) is 2. The SMILES string of the molecule is CC(C)[C@H](NC(=O)OC(C)(C)C)C(=O)N1C[C@H](OC(=O)N2Cc3ccc(-n4cccn4)cc3C2)C[C@H]1C(=O)O. The molecule has 2 aliphatic rings. The number of nitrogens with zero attached hydrogens (tertiary/aromatic N) is 4. The van der Waals surface area contributed by atoms with E-state index in [1.165, 1.54) is 0 Å². The van der Waals surface area contributed by atoms with Crippen LogP contribution < -0.4 is 5.32 Å². The second-order valence-corrected chi connectivity index (χ2v) is 11.2. The van der Waals surface area contributed by atoms with E-state index in [-0.39, 0.29) is 18.9 Å². The number of aromatic nitrogens is 2. The summed E-state index contributed by atoms with van der Waals surface area (Å²) in [6, 6.07) is 5.47. The summed E-state index contributed by atoms with van der Waals surface area (Å²) in [6.07, 6.45) is 1.32. The van der Waals surface area contributed by atoms with Crippen LogP contribution in [0, 0.1) is 5.92 Å². The summed E-state index contributed by atoms with van der Waals surface area (Å²) in [5.74, 6) is -2.11. The van der Waals surface area contributed by atoms with Gasteiger partial charge in [0.1, 0.15) is 23.8 Å². The lowest BCUT2D eigenvalue weighted by Crippen LogP contribution is -2.54. The van der Waals surface area contributed by atoms with Gasteiger partial charge in [-0.3, -0.25) is 9.69 Å². The monoisotopic (exact) mass is 541 g/mol. The minimum atomic E-state index is -1.21. The summed E-state index contributed by atoms with van der Waals surface area (Å²) in [7, 11) is 0. The van der Waals surface area contributed by atoms with Crippen molar-refractivity contribution in [2.45, 2.75) is 77.9 Å². The van der Waals surface area contributed by atoms with Crippen LogP contribution in [0.5, 0.6) is 0 Å². The van der Waals surface area contributed by atoms with Gasteiger partial charge in [-0.2, -0.15) is 5.10 Å². The second kappa shape index (κ2) is 11.0. The Morgan fingerprint density at radius 1 is 1.13 bits per heavy atom. The van der Waals surface area contributed by atoms with Crippen molar-refractivity contribution in [2.24, 2.45) is 5.92 Å². The number of hydrogen-bond acceptors (Lipinski definition) is 7. The highest BCUT2D eigenvalue weighted by molar-refractivity contribution is 5.90. The van der Waals surface area contributed by atoms with Gasteiger partial charge in [-0.15, -0.1) is 0 Å². The lowest BCUT2D eigenvalue weighted by atomic mass is 10.0. The highest BCUT2D eigenvalue weighted by Crippen LogP contribution is 2.28. The maximum atomic E-state index is 13.4. The fourth-order valence-electron chi connectivity index (χ4n) is 4.78. The van der Waals surface area contributed by atoms with E-state index in [9.17, 15) is 24.3 Å². The van der Waals surface area contributed by atoms with Crippen molar-refractivity contribution >= 4 is 24.1 Å². The molecule has 0 saturated carbocycles. The molecule has 1 saturated heterocycles. The largest absolute Gasteiger partial charge is 0.480 e. The van der Waals surface area contributed by atoms with Crippen molar-refractivity contribution in [3.63, 3.8) is 0 Å². The molecule has 1 aromatic heterocycles. The molecule has 1 fully saturated rings. The Kier molecular flexibility index (Phi) is 7.84. The molecule has 39 heavy (non-hydrogen) atoms. The van der Waals surface area contributed by atoms with Gasteiger partial charge in [-0.1, -0.05) is 19.9 Å². The van der Waals surface area contributed by atoms with E-state index in [1.54, 1.807) is 50.4 Å². The zero-order valence-corrected chi connectivity index (χ0v) is 22.8. The summed E-state index contributed by atoms with van der Waals surface area (Å²) in [5, 5.41) is 16.6. The Bertz CT molecular complexity index is 1240. The first-order valence-corrected chi connectivity index (χ1v) is 12.9. The average molecular weight is 542 g/mol. The molecule has 3 amide bonds. The normalized spacial score (nSPS) is 19.5. The molecular weight excluding hydrogens is 506 g/mol. The first-order valence-electron chi connectivity index (χ1n) is 12.9. The van der Waals surface area contributed by atoms with Gasteiger partial charge in [-0.05, 0) is 56.0 Å². The molecule has 0 bridgehead atoms. The summed E-state index contributed by atoms with van der Waals surface area (Å²) >= 11 is 0. The lowest BCUT2D eigenvalue weighted by molar-refractivity contribution is -0.149. The Balaban J connectivity index is 1.40. The molecule has 0 radical (unpaired) electrons. The second-order valence-electron chi connectivity index (χ2n) is 11.2. The van der Waals surface area contributed by atoms with Crippen LogP contribution in [-0.4, -0.2) is 79.1 Å². The van der Waals surface area contributed by atoms with Gasteiger partial charge in [-0.25, -0.2) is 19.1 Å². The van der Waals surface area contributed by atoms with Gasteiger partial charge >= 0.3 is 18.2 Å². The van der Waals surface area contributed by atoms with Crippen LogP contribution in [0.15, 0.2) is 36.7 Å². The first-order chi connectivity index (χ1) is 18.3. The van der Waals surface area contributed by atoms with E-state index in [0.29, 0.717) is 13.1 Å². The molecule has 210 valence electrons. The van der Waals surface area contributed by atoms with Crippen molar-refractivity contribution in [1.82, 2.24) is 24.9 Å². The fourth-order valence-corrected chi connectivity index (χ4v) is 4.78. The Labute approximate surface area is 226 Å². The van der Waals surface area contributed by atoms with Crippen molar-refractivity contribution in [3.8, 4) is 5.69 Å². The third kappa shape index (κ3) is 6.50. The molecule has 12 nitrogen and oxygen atoms in total. The van der Waals surface area contributed by atoms with Crippen LogP contribution in [0.1, 0.15) is 52.2 Å². The van der Waals surface area contributed by atoms with Gasteiger partial charge in [0.25, 0.3) is 0 Å². The molecule has 3 atom stereocenters. The maximum Gasteiger partial charge on any atom is 0.410 e. The van der Waals surface area contributed by atoms with Crippen LogP contribution in [0.2, 0.25) is 0 Å². The first kappa shape index (κ1) is 27.9. The van der Waals surface area contributed by atoms with Crippen molar-refractivity contribution < 1.29 is 33.8 Å². The molecule has 0 spiro atoms. The number of carbonyl (C=O) groups excluding carboxylic acids is 3. The number of aliphatic carboxylic acids is 1. The maximum absolute atomic E-state index is 13.4. The number of alkyl carbamates (subject to hydrolysis) is 1. The Morgan fingerprint density at radius 3 is 2.46 bits per heavy atom. The number of carboxylic acid groups (broad SMARTS) is 1. The highest BCUT2D eigenvalue weighted by atomic mass is 16.6. The topological polar surface area (TPSA) is 143 Å². The summed E-state index contributed by atoms with van der Waals surface area (Å²) in [5.41, 5.74) is 2.08. The van der Waals surface area contributed by atoms with Crippen LogP contribution in [0.4, 0.5) is 9.59 Å². The number of carbonyl (C=O) groups is 4. The van der Waals surface area contributed by atoms with Gasteiger partial charge in [0, 0.05) is 31.9 Å². The van der Waals surface area contributed by atoms with Crippen LogP contribution >= 0.6 is 0 Å². The van der Waals surface area contributed by atoms with E-state index in [0.717, 1.165) is 21.7 Å². The van der Waals surface area contributed by atoms with E-state index in [4.69, 9.17) is 9.47 Å². The minimum Gasteiger partial charge on any atom is -0.480 e. The van der Waals surface area contributed by atoms with E-state index in [1.807, 2.05) is 30.5 Å². The smallest absolute Gasteiger partial charge is 0.410 e. The summed E-state index contributed by atoms with van der Waals surface area (Å²) in [6.45, 7) is 9.21. The van der Waals surface area contributed by atoms with Crippen LogP contribution in [0.3, 0.4) is 0 Å². The molecule has 0 unspecified atom stereocenters. The molecule has 1 aromatic carbocycles. The highest BCUT2D eigenvalue weighted by Gasteiger charge is 2.45. The van der Waals surface area contributed by atoms with Gasteiger partial charge < -0.3 is 24.8 Å². The van der Waals surface area contributed by atoms with E-state index < -0.39 is 47.9 Å². The standard InChI is InChI=1S/C27H35N5O7/c1-16(2)22(29-25(36)39-27(3,4)5)23(33)31-15-20(12-21(31)24(34)35)38-26(37)30-13-17-7-8-19(11-18(17)14-30)32-10-6-9-28-32/h6-11,16,20-22H,12-15H2,1-5H3,(H,29,36)(H,34,35)/t20-,21+,22+/m1/s1. The molecule has 4 rings (SSSR count). The van der Waals surface area contributed by atoms with E-state index >= 15 is 0 Å². The molecule has 2 aromatic rings. The predicted molar refractivity (Wildman–Crippen MR) is 139 cm³/mol. The third-order valence-electron chi connectivity index (χ3n) is 6.64. The average Bonchev–Trinajstić information content (AvgIpc) is 3.59. The Hall–Kier alpha value is -4.09. The van der Waals surface area contributed by atoms with Crippen molar-refractivity contribution in [2.75, 3.05) is 6.54 Å². The number of rotatable bonds is 6. The third-order valence-corrected chi connectivity index (χ3v) is 6.64. The number of benzene rings is 1. The van der Waals surface area contributed by atoms with Crippen molar-refractivity contribution in [1.29, 1.82) is 0 Å². The number of fused-ring (bicyclic) bond motifs is 1. The molecule has 12 heteroatoms. The number of amides is 3.